The molecule has 5 rings (SSSR count). The number of tetrazole rings is 1. The number of benzene rings is 2. The van der Waals surface area contributed by atoms with Crippen LogP contribution in [0.2, 0.25) is 0 Å². The Hall–Kier alpha value is -5.49. The number of hydrogen-bond donors (Lipinski definition) is 2. The molecule has 0 spiro atoms. The SMILES string of the molecule is CCC(C)[C@H](CC(=O)[C@@]1(NC(=O)[C@@H](CC(=O)Cc2ccccc2F)C(C)CC)CCC2=C(C1)c1cccc(C(F)(F)F)c1C2)C(=O)NCCC[n+]1cn(C(C)(C)C)nn1.O=C([O-])C(F)(F)F. The van der Waals surface area contributed by atoms with Crippen molar-refractivity contribution in [2.24, 2.45) is 23.7 Å². The van der Waals surface area contributed by atoms with Crippen LogP contribution in [0.25, 0.3) is 5.57 Å². The molecule has 0 fully saturated rings. The second kappa shape index (κ2) is 21.9. The number of halogens is 7. The number of amides is 2. The van der Waals surface area contributed by atoms with Crippen molar-refractivity contribution in [3.63, 3.8) is 0 Å². The third-order valence-corrected chi connectivity index (χ3v) is 12.7. The third kappa shape index (κ3) is 13.5. The Bertz CT molecular complexity index is 2270. The van der Waals surface area contributed by atoms with E-state index < -0.39 is 53.0 Å². The molecular weight excluding hydrogens is 878 g/mol. The normalized spacial score (nSPS) is 17.9. The number of allylic oxidation sites excluding steroid dienone is 1. The summed E-state index contributed by atoms with van der Waals surface area (Å²) in [6.45, 7) is 14.4. The summed E-state index contributed by atoms with van der Waals surface area (Å²) in [5.41, 5.74) is -0.314. The lowest BCUT2D eigenvalue weighted by Crippen LogP contribution is -2.58. The fourth-order valence-electron chi connectivity index (χ4n) is 8.29. The Kier molecular flexibility index (Phi) is 17.6. The molecule has 2 aromatic carbocycles. The Balaban J connectivity index is 0.00000126. The van der Waals surface area contributed by atoms with Gasteiger partial charge in [-0.1, -0.05) is 81.1 Å². The van der Waals surface area contributed by atoms with E-state index in [1.807, 2.05) is 48.5 Å². The van der Waals surface area contributed by atoms with Crippen LogP contribution >= 0.6 is 0 Å². The average molecular weight is 937 g/mol. The van der Waals surface area contributed by atoms with Gasteiger partial charge in [0.15, 0.2) is 11.0 Å². The number of Topliss-reactive ketones (excluding diaryl/α,β-unsaturated/α-hetero) is 2. The van der Waals surface area contributed by atoms with Crippen LogP contribution in [-0.4, -0.2) is 62.7 Å². The van der Waals surface area contributed by atoms with Crippen molar-refractivity contribution in [2.45, 2.75) is 143 Å². The monoisotopic (exact) mass is 936 g/mol. The van der Waals surface area contributed by atoms with Crippen LogP contribution in [-0.2, 0) is 55.1 Å². The molecule has 0 saturated carbocycles. The number of aryl methyl sites for hydroxylation is 1. The van der Waals surface area contributed by atoms with Crippen LogP contribution in [0.15, 0.2) is 54.4 Å². The summed E-state index contributed by atoms with van der Waals surface area (Å²) in [5.74, 6) is -7.17. The maximum Gasteiger partial charge on any atom is 0.430 e. The molecule has 0 aliphatic heterocycles. The number of carboxylic acids is 1. The number of aliphatic carboxylic acids is 1. The molecule has 2 unspecified atom stereocenters. The molecule has 0 radical (unpaired) electrons. The number of fused-ring (bicyclic) bond motifs is 2. The smallest absolute Gasteiger partial charge is 0.430 e. The fourth-order valence-corrected chi connectivity index (χ4v) is 8.29. The minimum Gasteiger partial charge on any atom is -0.542 e. The predicted octanol–water partition coefficient (Wildman–Crippen LogP) is 6.82. The minimum atomic E-state index is -5.19. The number of carboxylic acid groups (broad SMARTS) is 1. The maximum absolute atomic E-state index is 15.0. The van der Waals surface area contributed by atoms with Gasteiger partial charge >= 0.3 is 12.4 Å². The molecule has 362 valence electrons. The summed E-state index contributed by atoms with van der Waals surface area (Å²) < 4.78 is 92.0. The van der Waals surface area contributed by atoms with Gasteiger partial charge in [-0.25, -0.2) is 4.39 Å². The van der Waals surface area contributed by atoms with Crippen LogP contribution in [0.3, 0.4) is 0 Å². The van der Waals surface area contributed by atoms with Crippen molar-refractivity contribution in [2.75, 3.05) is 6.54 Å². The Morgan fingerprint density at radius 1 is 0.894 bits per heavy atom. The number of carbonyl (C=O) groups excluding carboxylic acids is 5. The summed E-state index contributed by atoms with van der Waals surface area (Å²) in [6.07, 6.45) is -6.40. The molecule has 66 heavy (non-hydrogen) atoms. The largest absolute Gasteiger partial charge is 0.542 e. The number of nitrogens with zero attached hydrogens (tertiary/aromatic N) is 4. The highest BCUT2D eigenvalue weighted by atomic mass is 19.4. The Labute approximate surface area is 379 Å². The molecule has 2 aliphatic carbocycles. The number of nitrogens with one attached hydrogen (secondary N) is 2. The van der Waals surface area contributed by atoms with Crippen molar-refractivity contribution in [1.82, 2.24) is 25.7 Å². The van der Waals surface area contributed by atoms with Crippen molar-refractivity contribution in [3.05, 3.63) is 82.4 Å². The highest BCUT2D eigenvalue weighted by molar-refractivity contribution is 5.99. The van der Waals surface area contributed by atoms with Gasteiger partial charge < -0.3 is 20.5 Å². The van der Waals surface area contributed by atoms with E-state index in [0.29, 0.717) is 43.5 Å². The summed E-state index contributed by atoms with van der Waals surface area (Å²) in [5, 5.41) is 23.2. The van der Waals surface area contributed by atoms with Crippen LogP contribution in [0, 0.1) is 29.5 Å². The number of aromatic nitrogens is 4. The molecule has 12 nitrogen and oxygen atoms in total. The standard InChI is InChI=1S/C45H58F4N6O4.C2HF3O2/c1-8-28(3)34(24-32(56)22-31-14-10-11-17-39(31)46)42(59)51-44(19-18-30-23-36-33(37(30)26-44)15-12-16-38(36)45(47,48)49)40(57)25-35(29(4)9-2)41(58)50-20-13-21-54-27-55(53-52-54)43(5,6)7;3-2(4,5)1(6)7/h10-12,14-17,27-29,34-35H,8-9,13,18-26H2,1-7H3,(H-,50,51,58,59);(H,6,7)/t28?,29?,34-,35-,44+;/m0./s1. The van der Waals surface area contributed by atoms with E-state index in [-0.39, 0.29) is 90.9 Å². The number of ketones is 2. The van der Waals surface area contributed by atoms with Crippen LogP contribution in [0.5, 0.6) is 0 Å². The summed E-state index contributed by atoms with van der Waals surface area (Å²) >= 11 is 0. The van der Waals surface area contributed by atoms with Gasteiger partial charge in [0.2, 0.25) is 18.1 Å². The van der Waals surface area contributed by atoms with Gasteiger partial charge in [0.1, 0.15) is 33.9 Å². The topological polar surface area (TPSA) is 167 Å². The second-order valence-corrected chi connectivity index (χ2v) is 18.4. The van der Waals surface area contributed by atoms with E-state index in [9.17, 15) is 49.9 Å². The zero-order chi connectivity index (χ0) is 49.4. The zero-order valence-electron chi connectivity index (χ0n) is 38.3. The van der Waals surface area contributed by atoms with Gasteiger partial charge in [-0.15, -0.1) is 4.68 Å². The van der Waals surface area contributed by atoms with Gasteiger partial charge in [-0.05, 0) is 92.7 Å². The molecule has 0 saturated heterocycles. The van der Waals surface area contributed by atoms with Crippen molar-refractivity contribution in [1.29, 1.82) is 0 Å². The van der Waals surface area contributed by atoms with E-state index in [0.717, 1.165) is 11.6 Å². The van der Waals surface area contributed by atoms with Crippen molar-refractivity contribution in [3.8, 4) is 0 Å². The molecule has 1 heterocycles. The maximum atomic E-state index is 15.0. The summed E-state index contributed by atoms with van der Waals surface area (Å²) in [4.78, 5) is 65.5. The number of hydrogen-bond acceptors (Lipinski definition) is 8. The number of alkyl halides is 6. The summed E-state index contributed by atoms with van der Waals surface area (Å²) in [6, 6.07) is 10.0. The van der Waals surface area contributed by atoms with Gasteiger partial charge in [0.25, 0.3) is 0 Å². The van der Waals surface area contributed by atoms with Gasteiger partial charge in [0.05, 0.1) is 12.1 Å². The van der Waals surface area contributed by atoms with E-state index in [2.05, 4.69) is 21.1 Å². The molecule has 3 aromatic rings. The highest BCUT2D eigenvalue weighted by Gasteiger charge is 2.48. The van der Waals surface area contributed by atoms with E-state index in [1.54, 1.807) is 27.8 Å². The van der Waals surface area contributed by atoms with E-state index in [1.165, 1.54) is 24.3 Å². The Morgan fingerprint density at radius 2 is 1.52 bits per heavy atom. The van der Waals surface area contributed by atoms with Crippen LogP contribution in [0.1, 0.15) is 122 Å². The summed E-state index contributed by atoms with van der Waals surface area (Å²) in [7, 11) is 0. The first-order chi connectivity index (χ1) is 30.7. The van der Waals surface area contributed by atoms with Crippen molar-refractivity contribution < 1.29 is 64.5 Å². The lowest BCUT2D eigenvalue weighted by Gasteiger charge is -2.40. The molecular formula is C47H59F7N6O6. The lowest BCUT2D eigenvalue weighted by atomic mass is 9.71. The predicted molar refractivity (Wildman–Crippen MR) is 226 cm³/mol. The zero-order valence-corrected chi connectivity index (χ0v) is 38.3. The molecule has 2 N–H and O–H groups in total. The minimum absolute atomic E-state index is 0.0427. The van der Waals surface area contributed by atoms with Crippen LogP contribution < -0.4 is 20.4 Å². The third-order valence-electron chi connectivity index (χ3n) is 12.7. The second-order valence-electron chi connectivity index (χ2n) is 18.4. The first kappa shape index (κ1) is 53.1. The molecule has 2 aliphatic rings. The molecule has 19 heteroatoms. The average Bonchev–Trinajstić information content (AvgIpc) is 3.88. The van der Waals surface area contributed by atoms with Crippen molar-refractivity contribution >= 4 is 34.9 Å². The number of rotatable bonds is 18. The van der Waals surface area contributed by atoms with Gasteiger partial charge in [-0.2, -0.15) is 26.3 Å². The molecule has 1 aromatic heterocycles. The lowest BCUT2D eigenvalue weighted by molar-refractivity contribution is -0.755. The molecule has 5 atom stereocenters. The molecule has 2 amide bonds. The van der Waals surface area contributed by atoms with Gasteiger partial charge in [0, 0.05) is 44.1 Å². The first-order valence-corrected chi connectivity index (χ1v) is 22.1. The number of carbonyl (C=O) groups is 5. The van der Waals surface area contributed by atoms with E-state index in [4.69, 9.17) is 9.90 Å². The Morgan fingerprint density at radius 3 is 2.08 bits per heavy atom. The fraction of sp³-hybridized carbons (Fsp3) is 0.574. The molecule has 0 bridgehead atoms. The first-order valence-electron chi connectivity index (χ1n) is 22.1. The highest BCUT2D eigenvalue weighted by Crippen LogP contribution is 2.49. The van der Waals surface area contributed by atoms with E-state index >= 15 is 0 Å². The quantitative estimate of drug-likeness (QED) is 0.0797. The van der Waals surface area contributed by atoms with Gasteiger partial charge in [-0.3, -0.25) is 19.2 Å². The van der Waals surface area contributed by atoms with Crippen LogP contribution in [0.4, 0.5) is 30.7 Å².